The fraction of sp³-hybridized carbons (Fsp3) is 0.583. The molecule has 1 fully saturated rings. The van der Waals surface area contributed by atoms with Gasteiger partial charge in [0, 0.05) is 26.1 Å². The molecule has 9 nitrogen and oxygen atoms in total. The zero-order valence-corrected chi connectivity index (χ0v) is 13.0. The van der Waals surface area contributed by atoms with Crippen molar-refractivity contribution in [1.82, 2.24) is 14.8 Å². The van der Waals surface area contributed by atoms with Gasteiger partial charge in [-0.2, -0.15) is 0 Å². The van der Waals surface area contributed by atoms with Crippen LogP contribution in [-0.4, -0.2) is 55.1 Å². The third kappa shape index (κ3) is 3.28. The molecule has 1 aromatic heterocycles. The number of carboxylic acids is 1. The monoisotopic (exact) mass is 331 g/mol. The van der Waals surface area contributed by atoms with E-state index in [1.165, 1.54) is 18.7 Å². The summed E-state index contributed by atoms with van der Waals surface area (Å²) in [5.74, 6) is -1.85. The molecule has 0 radical (unpaired) electrons. The molecular formula is C12H17N3O6S. The van der Waals surface area contributed by atoms with E-state index in [-0.39, 0.29) is 48.3 Å². The Hall–Kier alpha value is -1.94. The maximum atomic E-state index is 12.2. The SMILES string of the molecule is Cc1noc(C)c1S(=O)(=O)NCCN1CC(C(=O)O)CC1=O. The molecule has 0 aliphatic carbocycles. The van der Waals surface area contributed by atoms with E-state index >= 15 is 0 Å². The van der Waals surface area contributed by atoms with E-state index < -0.39 is 21.9 Å². The van der Waals surface area contributed by atoms with Crippen LogP contribution in [0, 0.1) is 19.8 Å². The van der Waals surface area contributed by atoms with Gasteiger partial charge < -0.3 is 14.5 Å². The minimum atomic E-state index is -3.78. The molecule has 1 aliphatic heterocycles. The second-order valence-corrected chi connectivity index (χ2v) is 6.83. The Morgan fingerprint density at radius 1 is 1.50 bits per heavy atom. The number of sulfonamides is 1. The highest BCUT2D eigenvalue weighted by Crippen LogP contribution is 2.19. The van der Waals surface area contributed by atoms with Crippen molar-refractivity contribution in [2.45, 2.75) is 25.2 Å². The van der Waals surface area contributed by atoms with Crippen LogP contribution in [0.5, 0.6) is 0 Å². The van der Waals surface area contributed by atoms with Crippen LogP contribution in [0.2, 0.25) is 0 Å². The van der Waals surface area contributed by atoms with Crippen molar-refractivity contribution in [2.24, 2.45) is 5.92 Å². The van der Waals surface area contributed by atoms with Gasteiger partial charge in [-0.15, -0.1) is 0 Å². The fourth-order valence-electron chi connectivity index (χ4n) is 2.40. The Morgan fingerprint density at radius 2 is 2.18 bits per heavy atom. The zero-order chi connectivity index (χ0) is 16.5. The highest BCUT2D eigenvalue weighted by molar-refractivity contribution is 7.89. The van der Waals surface area contributed by atoms with Crippen LogP contribution in [-0.2, 0) is 19.6 Å². The van der Waals surface area contributed by atoms with Gasteiger partial charge >= 0.3 is 5.97 Å². The van der Waals surface area contributed by atoms with Gasteiger partial charge in [0.15, 0.2) is 5.76 Å². The highest BCUT2D eigenvalue weighted by atomic mass is 32.2. The molecule has 1 atom stereocenters. The van der Waals surface area contributed by atoms with E-state index in [2.05, 4.69) is 9.88 Å². The van der Waals surface area contributed by atoms with Gasteiger partial charge in [0.1, 0.15) is 10.6 Å². The second kappa shape index (κ2) is 6.05. The van der Waals surface area contributed by atoms with Crippen LogP contribution in [0.15, 0.2) is 9.42 Å². The van der Waals surface area contributed by atoms with Gasteiger partial charge in [-0.1, -0.05) is 5.16 Å². The molecule has 122 valence electrons. The van der Waals surface area contributed by atoms with Crippen LogP contribution >= 0.6 is 0 Å². The van der Waals surface area contributed by atoms with Gasteiger partial charge in [0.05, 0.1) is 5.92 Å². The topological polar surface area (TPSA) is 130 Å². The van der Waals surface area contributed by atoms with Crippen molar-refractivity contribution < 1.29 is 27.6 Å². The number of rotatable bonds is 6. The highest BCUT2D eigenvalue weighted by Gasteiger charge is 2.34. The molecule has 1 amide bonds. The molecule has 2 rings (SSSR count). The lowest BCUT2D eigenvalue weighted by molar-refractivity contribution is -0.141. The number of carbonyl (C=O) groups excluding carboxylic acids is 1. The van der Waals surface area contributed by atoms with Crippen molar-refractivity contribution in [2.75, 3.05) is 19.6 Å². The van der Waals surface area contributed by atoms with Crippen LogP contribution in [0.4, 0.5) is 0 Å². The summed E-state index contributed by atoms with van der Waals surface area (Å²) in [7, 11) is -3.78. The van der Waals surface area contributed by atoms with Gasteiger partial charge in [-0.05, 0) is 13.8 Å². The Morgan fingerprint density at radius 3 is 2.68 bits per heavy atom. The number of nitrogens with one attached hydrogen (secondary N) is 1. The summed E-state index contributed by atoms with van der Waals surface area (Å²) in [4.78, 5) is 23.8. The fourth-order valence-corrected chi connectivity index (χ4v) is 3.75. The number of amides is 1. The molecular weight excluding hydrogens is 314 g/mol. The first kappa shape index (κ1) is 16.4. The maximum Gasteiger partial charge on any atom is 0.308 e. The van der Waals surface area contributed by atoms with Crippen molar-refractivity contribution >= 4 is 21.9 Å². The number of hydrogen-bond acceptors (Lipinski definition) is 6. The molecule has 1 aromatic rings. The Kier molecular flexibility index (Phi) is 4.52. The minimum Gasteiger partial charge on any atom is -0.481 e. The predicted molar refractivity (Wildman–Crippen MR) is 73.5 cm³/mol. The number of nitrogens with zero attached hydrogens (tertiary/aromatic N) is 2. The van der Waals surface area contributed by atoms with E-state index in [1.807, 2.05) is 0 Å². The van der Waals surface area contributed by atoms with Gasteiger partial charge in [-0.25, -0.2) is 13.1 Å². The Labute approximate surface area is 127 Å². The van der Waals surface area contributed by atoms with Crippen molar-refractivity contribution in [3.8, 4) is 0 Å². The normalized spacial score (nSPS) is 18.9. The van der Waals surface area contributed by atoms with E-state index in [0.717, 1.165) is 0 Å². The number of aliphatic carboxylic acids is 1. The molecule has 22 heavy (non-hydrogen) atoms. The summed E-state index contributed by atoms with van der Waals surface area (Å²) >= 11 is 0. The van der Waals surface area contributed by atoms with Crippen LogP contribution < -0.4 is 4.72 Å². The molecule has 0 aromatic carbocycles. The standard InChI is InChI=1S/C12H17N3O6S/c1-7-11(8(2)21-14-7)22(19,20)13-3-4-15-6-9(12(17)18)5-10(15)16/h9,13H,3-6H2,1-2H3,(H,17,18). The van der Waals surface area contributed by atoms with E-state index in [0.29, 0.717) is 0 Å². The van der Waals surface area contributed by atoms with Crippen LogP contribution in [0.3, 0.4) is 0 Å². The van der Waals surface area contributed by atoms with Crippen LogP contribution in [0.1, 0.15) is 17.9 Å². The number of carboxylic acid groups (broad SMARTS) is 1. The largest absolute Gasteiger partial charge is 0.481 e. The lowest BCUT2D eigenvalue weighted by Gasteiger charge is -2.16. The second-order valence-electron chi connectivity index (χ2n) is 5.13. The smallest absolute Gasteiger partial charge is 0.308 e. The number of hydrogen-bond donors (Lipinski definition) is 2. The zero-order valence-electron chi connectivity index (χ0n) is 12.2. The molecule has 10 heteroatoms. The van der Waals surface area contributed by atoms with E-state index in [4.69, 9.17) is 9.63 Å². The van der Waals surface area contributed by atoms with E-state index in [9.17, 15) is 18.0 Å². The average Bonchev–Trinajstić information content (AvgIpc) is 2.93. The average molecular weight is 331 g/mol. The molecule has 0 saturated carbocycles. The molecule has 2 N–H and O–H groups in total. The van der Waals surface area contributed by atoms with Gasteiger partial charge in [0.25, 0.3) is 0 Å². The molecule has 1 aliphatic rings. The van der Waals surface area contributed by atoms with Crippen LogP contribution in [0.25, 0.3) is 0 Å². The van der Waals surface area contributed by atoms with Gasteiger partial charge in [-0.3, -0.25) is 9.59 Å². The van der Waals surface area contributed by atoms with Crippen molar-refractivity contribution in [3.05, 3.63) is 11.5 Å². The Balaban J connectivity index is 1.94. The summed E-state index contributed by atoms with van der Waals surface area (Å²) in [5.41, 5.74) is 0.258. The lowest BCUT2D eigenvalue weighted by atomic mass is 10.1. The third-order valence-electron chi connectivity index (χ3n) is 3.47. The first-order chi connectivity index (χ1) is 10.2. The number of carbonyl (C=O) groups is 2. The third-order valence-corrected chi connectivity index (χ3v) is 5.18. The number of aryl methyl sites for hydroxylation is 2. The Bertz CT molecular complexity index is 676. The first-order valence-corrected chi connectivity index (χ1v) is 8.14. The summed E-state index contributed by atoms with van der Waals surface area (Å²) < 4.78 is 31.5. The number of likely N-dealkylation sites (tertiary alicyclic amines) is 1. The van der Waals surface area contributed by atoms with Gasteiger partial charge in [0.2, 0.25) is 15.9 Å². The summed E-state index contributed by atoms with van der Waals surface area (Å²) in [6.45, 7) is 3.22. The molecule has 1 unspecified atom stereocenters. The quantitative estimate of drug-likeness (QED) is 0.719. The molecule has 1 saturated heterocycles. The summed E-state index contributed by atoms with van der Waals surface area (Å²) in [6, 6.07) is 0. The predicted octanol–water partition coefficient (Wildman–Crippen LogP) is -0.497. The summed E-state index contributed by atoms with van der Waals surface area (Å²) in [5, 5.41) is 12.5. The van der Waals surface area contributed by atoms with E-state index in [1.54, 1.807) is 0 Å². The first-order valence-electron chi connectivity index (χ1n) is 6.65. The minimum absolute atomic E-state index is 0.00945. The molecule has 0 spiro atoms. The van der Waals surface area contributed by atoms with Crippen molar-refractivity contribution in [1.29, 1.82) is 0 Å². The molecule has 0 bridgehead atoms. The number of aromatic nitrogens is 1. The van der Waals surface area contributed by atoms with Crippen molar-refractivity contribution in [3.63, 3.8) is 0 Å². The lowest BCUT2D eigenvalue weighted by Crippen LogP contribution is -2.36. The summed E-state index contributed by atoms with van der Waals surface area (Å²) in [6.07, 6.45) is -0.0497. The maximum absolute atomic E-state index is 12.2. The molecule has 2 heterocycles.